The fourth-order valence-corrected chi connectivity index (χ4v) is 5.88. The largest absolute Gasteiger partial charge is 0.476 e. The van der Waals surface area contributed by atoms with Crippen molar-refractivity contribution in [2.75, 3.05) is 11.5 Å². The predicted molar refractivity (Wildman–Crippen MR) is 70.8 cm³/mol. The minimum Gasteiger partial charge on any atom is -0.476 e. The van der Waals surface area contributed by atoms with Gasteiger partial charge in [-0.15, -0.1) is 23.1 Å². The molecule has 0 radical (unpaired) electrons. The van der Waals surface area contributed by atoms with Crippen LogP contribution in [0.4, 0.5) is 0 Å². The van der Waals surface area contributed by atoms with Crippen LogP contribution in [-0.2, 0) is 0 Å². The number of carbonyl (C=O) groups is 1. The van der Waals surface area contributed by atoms with Crippen LogP contribution in [0.5, 0.6) is 0 Å². The molecular weight excluding hydrogens is 262 g/mol. The van der Waals surface area contributed by atoms with Gasteiger partial charge in [0.1, 0.15) is 5.01 Å². The van der Waals surface area contributed by atoms with E-state index in [1.807, 2.05) is 23.5 Å². The summed E-state index contributed by atoms with van der Waals surface area (Å²) in [4.78, 5) is 15.0. The second kappa shape index (κ2) is 5.42. The maximum absolute atomic E-state index is 10.8. The van der Waals surface area contributed by atoms with Gasteiger partial charge in [-0.2, -0.15) is 11.8 Å². The summed E-state index contributed by atoms with van der Waals surface area (Å²) in [5.41, 5.74) is 0.186. The summed E-state index contributed by atoms with van der Waals surface area (Å²) in [6.07, 6.45) is 1.12. The lowest BCUT2D eigenvalue weighted by molar-refractivity contribution is 0.0691. The van der Waals surface area contributed by atoms with Crippen molar-refractivity contribution >= 4 is 40.8 Å². The number of hydrogen-bond donors (Lipinski definition) is 1. The molecule has 2 heterocycles. The van der Waals surface area contributed by atoms with Gasteiger partial charge in [-0.3, -0.25) is 0 Å². The summed E-state index contributed by atoms with van der Waals surface area (Å²) in [5.74, 6) is 1.40. The number of hydrogen-bond acceptors (Lipinski definition) is 5. The number of carboxylic acid groups (broad SMARTS) is 1. The van der Waals surface area contributed by atoms with Gasteiger partial charge >= 0.3 is 5.97 Å². The molecule has 1 N–H and O–H groups in total. The van der Waals surface area contributed by atoms with Crippen LogP contribution in [0.15, 0.2) is 5.38 Å². The van der Waals surface area contributed by atoms with Crippen LogP contribution in [0.1, 0.15) is 34.1 Å². The van der Waals surface area contributed by atoms with E-state index in [9.17, 15) is 4.79 Å². The standard InChI is InChI=1S/C10H13NO2S3/c1-2-7-8(15-4-3-14-7)9-11-6(5-16-9)10(12)13/h5,7-8H,2-4H2,1H3,(H,12,13). The van der Waals surface area contributed by atoms with E-state index >= 15 is 0 Å². The van der Waals surface area contributed by atoms with Crippen molar-refractivity contribution in [2.24, 2.45) is 0 Å². The first-order chi connectivity index (χ1) is 7.72. The van der Waals surface area contributed by atoms with Gasteiger partial charge in [0.25, 0.3) is 0 Å². The average Bonchev–Trinajstić information content (AvgIpc) is 2.78. The van der Waals surface area contributed by atoms with Gasteiger partial charge in [0, 0.05) is 22.1 Å². The molecule has 1 aromatic rings. The quantitative estimate of drug-likeness (QED) is 0.918. The van der Waals surface area contributed by atoms with E-state index in [-0.39, 0.29) is 5.69 Å². The Balaban J connectivity index is 2.17. The van der Waals surface area contributed by atoms with E-state index in [2.05, 4.69) is 11.9 Å². The molecular formula is C10H13NO2S3. The number of carboxylic acids is 1. The highest BCUT2D eigenvalue weighted by atomic mass is 32.2. The van der Waals surface area contributed by atoms with E-state index in [0.717, 1.165) is 17.2 Å². The van der Waals surface area contributed by atoms with E-state index in [1.165, 1.54) is 17.1 Å². The van der Waals surface area contributed by atoms with Gasteiger partial charge in [-0.1, -0.05) is 6.92 Å². The molecule has 1 fully saturated rings. The Morgan fingerprint density at radius 1 is 1.56 bits per heavy atom. The number of rotatable bonds is 3. The third-order valence-electron chi connectivity index (χ3n) is 2.44. The predicted octanol–water partition coefficient (Wildman–Crippen LogP) is 3.14. The first kappa shape index (κ1) is 12.3. The van der Waals surface area contributed by atoms with E-state index < -0.39 is 5.97 Å². The summed E-state index contributed by atoms with van der Waals surface area (Å²) < 4.78 is 0. The molecule has 3 nitrogen and oxygen atoms in total. The van der Waals surface area contributed by atoms with Crippen LogP contribution in [0, 0.1) is 0 Å². The van der Waals surface area contributed by atoms with Crippen molar-refractivity contribution in [2.45, 2.75) is 23.8 Å². The van der Waals surface area contributed by atoms with Gasteiger partial charge in [-0.05, 0) is 6.42 Å². The Hall–Kier alpha value is -0.200. The lowest BCUT2D eigenvalue weighted by atomic mass is 10.2. The number of nitrogens with zero attached hydrogens (tertiary/aromatic N) is 1. The Morgan fingerprint density at radius 2 is 2.31 bits per heavy atom. The monoisotopic (exact) mass is 275 g/mol. The number of thioether (sulfide) groups is 2. The molecule has 2 rings (SSSR count). The second-order valence-corrected chi connectivity index (χ2v) is 6.97. The molecule has 0 saturated carbocycles. The smallest absolute Gasteiger partial charge is 0.355 e. The summed E-state index contributed by atoms with van der Waals surface area (Å²) in [6.45, 7) is 2.18. The molecule has 1 aliphatic rings. The van der Waals surface area contributed by atoms with Crippen molar-refractivity contribution in [1.82, 2.24) is 4.98 Å². The molecule has 1 aromatic heterocycles. The Kier molecular flexibility index (Phi) is 4.16. The number of thiazole rings is 1. The lowest BCUT2D eigenvalue weighted by Crippen LogP contribution is -2.18. The van der Waals surface area contributed by atoms with Crippen LogP contribution in [-0.4, -0.2) is 32.8 Å². The zero-order chi connectivity index (χ0) is 11.5. The zero-order valence-corrected chi connectivity index (χ0v) is 11.3. The Bertz CT molecular complexity index is 380. The third-order valence-corrected chi connectivity index (χ3v) is 6.77. The second-order valence-electron chi connectivity index (χ2n) is 3.49. The maximum atomic E-state index is 10.8. The third kappa shape index (κ3) is 2.55. The first-order valence-electron chi connectivity index (χ1n) is 5.14. The van der Waals surface area contributed by atoms with Crippen molar-refractivity contribution < 1.29 is 9.90 Å². The molecule has 88 valence electrons. The molecule has 1 saturated heterocycles. The average molecular weight is 275 g/mol. The molecule has 0 amide bonds. The van der Waals surface area contributed by atoms with Gasteiger partial charge in [0.05, 0.1) is 5.25 Å². The molecule has 2 atom stereocenters. The minimum atomic E-state index is -0.927. The Morgan fingerprint density at radius 3 is 2.94 bits per heavy atom. The van der Waals surface area contributed by atoms with Gasteiger partial charge < -0.3 is 5.11 Å². The minimum absolute atomic E-state index is 0.186. The van der Waals surface area contributed by atoms with Gasteiger partial charge in [0.15, 0.2) is 5.69 Å². The molecule has 0 spiro atoms. The molecule has 16 heavy (non-hydrogen) atoms. The summed E-state index contributed by atoms with van der Waals surface area (Å²) in [7, 11) is 0. The van der Waals surface area contributed by atoms with Crippen molar-refractivity contribution in [3.8, 4) is 0 Å². The summed E-state index contributed by atoms with van der Waals surface area (Å²) in [6, 6.07) is 0. The van der Waals surface area contributed by atoms with E-state index in [0.29, 0.717) is 10.5 Å². The SMILES string of the molecule is CCC1SCCSC1c1nc(C(=O)O)cs1. The van der Waals surface area contributed by atoms with Crippen LogP contribution in [0.2, 0.25) is 0 Å². The molecule has 2 unspecified atom stereocenters. The summed E-state index contributed by atoms with van der Waals surface area (Å²) in [5, 5.41) is 12.4. The van der Waals surface area contributed by atoms with Crippen LogP contribution < -0.4 is 0 Å². The Labute approximate surface area is 107 Å². The topological polar surface area (TPSA) is 50.2 Å². The number of aromatic nitrogens is 1. The molecule has 0 bridgehead atoms. The van der Waals surface area contributed by atoms with Crippen LogP contribution >= 0.6 is 34.9 Å². The van der Waals surface area contributed by atoms with Gasteiger partial charge in [0.2, 0.25) is 0 Å². The lowest BCUT2D eigenvalue weighted by Gasteiger charge is -2.28. The highest BCUT2D eigenvalue weighted by molar-refractivity contribution is 8.06. The molecule has 1 aliphatic heterocycles. The van der Waals surface area contributed by atoms with Crippen LogP contribution in [0.3, 0.4) is 0 Å². The fourth-order valence-electron chi connectivity index (χ4n) is 1.65. The van der Waals surface area contributed by atoms with Crippen molar-refractivity contribution in [1.29, 1.82) is 0 Å². The zero-order valence-electron chi connectivity index (χ0n) is 8.88. The van der Waals surface area contributed by atoms with Crippen molar-refractivity contribution in [3.05, 3.63) is 16.1 Å². The maximum Gasteiger partial charge on any atom is 0.355 e. The highest BCUT2D eigenvalue weighted by Crippen LogP contribution is 2.44. The highest BCUT2D eigenvalue weighted by Gasteiger charge is 2.29. The molecule has 0 aromatic carbocycles. The first-order valence-corrected chi connectivity index (χ1v) is 8.12. The van der Waals surface area contributed by atoms with Crippen LogP contribution in [0.25, 0.3) is 0 Å². The van der Waals surface area contributed by atoms with Crippen molar-refractivity contribution in [3.63, 3.8) is 0 Å². The molecule has 0 aliphatic carbocycles. The fraction of sp³-hybridized carbons (Fsp3) is 0.600. The van der Waals surface area contributed by atoms with E-state index in [4.69, 9.17) is 5.11 Å². The number of aromatic carboxylic acids is 1. The normalized spacial score (nSPS) is 25.6. The van der Waals surface area contributed by atoms with E-state index in [1.54, 1.807) is 5.38 Å². The van der Waals surface area contributed by atoms with Gasteiger partial charge in [-0.25, -0.2) is 9.78 Å². The molecule has 6 heteroatoms. The summed E-state index contributed by atoms with van der Waals surface area (Å²) >= 11 is 5.37.